The Morgan fingerprint density at radius 2 is 1.55 bits per heavy atom. The first-order valence-corrected chi connectivity index (χ1v) is 10.5. The monoisotopic (exact) mass is 440 g/mol. The molecule has 0 saturated carbocycles. The maximum Gasteiger partial charge on any atom is 0.336 e. The molecule has 2 aromatic carbocycles. The molecule has 2 aromatic rings. The zero-order chi connectivity index (χ0) is 22.1. The van der Waals surface area contributed by atoms with Gasteiger partial charge in [-0.05, 0) is 43.7 Å². The van der Waals surface area contributed by atoms with Gasteiger partial charge in [-0.15, -0.1) is 0 Å². The molecule has 8 nitrogen and oxygen atoms in total. The second kappa shape index (κ2) is 8.22. The van der Waals surface area contributed by atoms with Gasteiger partial charge >= 0.3 is 11.9 Å². The van der Waals surface area contributed by atoms with Crippen LogP contribution < -0.4 is 4.74 Å². The van der Waals surface area contributed by atoms with Gasteiger partial charge in [0.1, 0.15) is 4.90 Å². The molecule has 0 amide bonds. The van der Waals surface area contributed by atoms with Crippen LogP contribution in [0.25, 0.3) is 0 Å². The van der Waals surface area contributed by atoms with E-state index >= 15 is 0 Å². The van der Waals surface area contributed by atoms with Crippen molar-refractivity contribution in [3.05, 3.63) is 57.1 Å². The highest BCUT2D eigenvalue weighted by Crippen LogP contribution is 2.37. The normalized spacial score (nSPS) is 11.2. The molecule has 0 saturated heterocycles. The number of sulfone groups is 1. The summed E-state index contributed by atoms with van der Waals surface area (Å²) in [4.78, 5) is 36.2. The van der Waals surface area contributed by atoms with Crippen LogP contribution in [0.4, 0.5) is 0 Å². The van der Waals surface area contributed by atoms with Gasteiger partial charge in [0.15, 0.2) is 21.4 Å². The minimum Gasteiger partial charge on any atom is -0.491 e. The molecule has 0 atom stereocenters. The lowest BCUT2D eigenvalue weighted by atomic mass is 9.91. The van der Waals surface area contributed by atoms with E-state index in [1.54, 1.807) is 6.92 Å². The van der Waals surface area contributed by atoms with Crippen molar-refractivity contribution in [1.82, 2.24) is 0 Å². The summed E-state index contributed by atoms with van der Waals surface area (Å²) in [6.45, 7) is 3.13. The van der Waals surface area contributed by atoms with E-state index in [2.05, 4.69) is 0 Å². The zero-order valence-corrected chi connectivity index (χ0v) is 17.2. The van der Waals surface area contributed by atoms with Gasteiger partial charge in [-0.2, -0.15) is 0 Å². The second-order valence-corrected chi connectivity index (χ2v) is 8.50. The number of ether oxygens (including phenoxy) is 1. The average molecular weight is 441 g/mol. The van der Waals surface area contributed by atoms with E-state index in [-0.39, 0.29) is 27.8 Å². The molecule has 0 aliphatic rings. The number of hydrogen-bond donors (Lipinski definition) is 2. The predicted molar refractivity (Wildman–Crippen MR) is 104 cm³/mol. The largest absolute Gasteiger partial charge is 0.491 e. The maximum atomic E-state index is 13.1. The van der Waals surface area contributed by atoms with Crippen LogP contribution >= 0.6 is 11.6 Å². The number of ketones is 1. The number of carbonyl (C=O) groups is 3. The van der Waals surface area contributed by atoms with Crippen molar-refractivity contribution in [1.29, 1.82) is 0 Å². The van der Waals surface area contributed by atoms with Crippen molar-refractivity contribution in [2.45, 2.75) is 18.7 Å². The quantitative estimate of drug-likeness (QED) is 0.627. The molecule has 29 heavy (non-hydrogen) atoms. The summed E-state index contributed by atoms with van der Waals surface area (Å²) in [5.41, 5.74) is -1.52. The van der Waals surface area contributed by atoms with Crippen molar-refractivity contribution in [3.8, 4) is 5.75 Å². The first kappa shape index (κ1) is 22.4. The van der Waals surface area contributed by atoms with Crippen LogP contribution in [-0.2, 0) is 9.84 Å². The fourth-order valence-electron chi connectivity index (χ4n) is 2.79. The highest BCUT2D eigenvalue weighted by Gasteiger charge is 2.29. The number of aromatic carboxylic acids is 2. The highest BCUT2D eigenvalue weighted by molar-refractivity contribution is 7.90. The van der Waals surface area contributed by atoms with Crippen LogP contribution in [0.3, 0.4) is 0 Å². The SMILES string of the molecule is CCOc1c(S(C)(=O)=O)ccc(C(=O)c2c(C(=O)O)cc(C)cc2C(=O)O)c1Cl. The van der Waals surface area contributed by atoms with Gasteiger partial charge in [-0.3, -0.25) is 4.79 Å². The van der Waals surface area contributed by atoms with Gasteiger partial charge in [-0.1, -0.05) is 11.6 Å². The molecule has 2 N–H and O–H groups in total. The van der Waals surface area contributed by atoms with Crippen LogP contribution in [0.15, 0.2) is 29.2 Å². The average Bonchev–Trinajstić information content (AvgIpc) is 2.61. The van der Waals surface area contributed by atoms with Gasteiger partial charge in [-0.25, -0.2) is 18.0 Å². The Hall–Kier alpha value is -2.91. The first-order chi connectivity index (χ1) is 13.4. The van der Waals surface area contributed by atoms with E-state index in [9.17, 15) is 33.0 Å². The van der Waals surface area contributed by atoms with Gasteiger partial charge in [0.05, 0.1) is 28.3 Å². The van der Waals surface area contributed by atoms with Crippen molar-refractivity contribution in [3.63, 3.8) is 0 Å². The van der Waals surface area contributed by atoms with E-state index in [1.807, 2.05) is 0 Å². The Kier molecular flexibility index (Phi) is 6.34. The van der Waals surface area contributed by atoms with Crippen molar-refractivity contribution < 1.29 is 37.8 Å². The number of rotatable bonds is 7. The lowest BCUT2D eigenvalue weighted by Crippen LogP contribution is -2.17. The Morgan fingerprint density at radius 3 is 1.97 bits per heavy atom. The smallest absolute Gasteiger partial charge is 0.336 e. The summed E-state index contributed by atoms with van der Waals surface area (Å²) in [5.74, 6) is -4.23. The number of aryl methyl sites for hydroxylation is 1. The van der Waals surface area contributed by atoms with E-state index in [4.69, 9.17) is 16.3 Å². The summed E-state index contributed by atoms with van der Waals surface area (Å²) in [7, 11) is -3.74. The number of carboxylic acids is 2. The summed E-state index contributed by atoms with van der Waals surface area (Å²) in [6.07, 6.45) is 0.938. The number of carboxylic acid groups (broad SMARTS) is 2. The molecule has 0 heterocycles. The molecule has 0 aromatic heterocycles. The van der Waals surface area contributed by atoms with E-state index in [1.165, 1.54) is 19.1 Å². The molecule has 0 unspecified atom stereocenters. The lowest BCUT2D eigenvalue weighted by Gasteiger charge is -2.15. The number of benzene rings is 2. The minimum absolute atomic E-state index is 0.0468. The Bertz CT molecular complexity index is 1100. The molecule has 0 radical (unpaired) electrons. The topological polar surface area (TPSA) is 135 Å². The summed E-state index contributed by atoms with van der Waals surface area (Å²) < 4.78 is 29.3. The molecule has 0 aliphatic carbocycles. The van der Waals surface area contributed by atoms with E-state index in [0.717, 1.165) is 18.4 Å². The molecular weight excluding hydrogens is 424 g/mol. The van der Waals surface area contributed by atoms with Crippen LogP contribution in [-0.4, -0.2) is 49.2 Å². The zero-order valence-electron chi connectivity index (χ0n) is 15.6. The van der Waals surface area contributed by atoms with Crippen LogP contribution in [0.1, 0.15) is 49.1 Å². The summed E-state index contributed by atoms with van der Waals surface area (Å²) in [5, 5.41) is 18.6. The Balaban J connectivity index is 2.85. The summed E-state index contributed by atoms with van der Waals surface area (Å²) in [6, 6.07) is 4.55. The van der Waals surface area contributed by atoms with Crippen molar-refractivity contribution in [2.24, 2.45) is 0 Å². The van der Waals surface area contributed by atoms with Gasteiger partial charge in [0.25, 0.3) is 0 Å². The van der Waals surface area contributed by atoms with Crippen LogP contribution in [0, 0.1) is 6.92 Å². The molecular formula is C19H17ClO8S. The van der Waals surface area contributed by atoms with E-state index in [0.29, 0.717) is 5.56 Å². The third kappa shape index (κ3) is 4.41. The lowest BCUT2D eigenvalue weighted by molar-refractivity contribution is 0.0689. The second-order valence-electron chi connectivity index (χ2n) is 6.13. The van der Waals surface area contributed by atoms with Gasteiger partial charge in [0.2, 0.25) is 0 Å². The van der Waals surface area contributed by atoms with Gasteiger partial charge in [0, 0.05) is 11.8 Å². The molecule has 0 spiro atoms. The van der Waals surface area contributed by atoms with Crippen molar-refractivity contribution >= 4 is 39.2 Å². The molecule has 154 valence electrons. The Labute approximate surface area is 171 Å². The third-order valence-electron chi connectivity index (χ3n) is 3.96. The number of halogens is 1. The molecule has 0 aliphatic heterocycles. The third-order valence-corrected chi connectivity index (χ3v) is 5.46. The molecule has 2 rings (SSSR count). The first-order valence-electron chi connectivity index (χ1n) is 8.21. The maximum absolute atomic E-state index is 13.1. The number of carbonyl (C=O) groups excluding carboxylic acids is 1. The number of hydrogen-bond acceptors (Lipinski definition) is 6. The fourth-order valence-corrected chi connectivity index (χ4v) is 3.96. The standard InChI is InChI=1S/C19H17ClO8S/c1-4-28-17-13(29(3,26)27)6-5-10(15(17)20)16(21)14-11(18(22)23)7-9(2)8-12(14)19(24)25/h5-8H,4H2,1-3H3,(H,22,23)(H,24,25). The Morgan fingerprint density at radius 1 is 1.03 bits per heavy atom. The molecule has 0 fully saturated rings. The van der Waals surface area contributed by atoms with Gasteiger partial charge < -0.3 is 14.9 Å². The van der Waals surface area contributed by atoms with Crippen molar-refractivity contribution in [2.75, 3.05) is 12.9 Å². The minimum atomic E-state index is -3.74. The highest BCUT2D eigenvalue weighted by atomic mass is 35.5. The molecule has 0 bridgehead atoms. The van der Waals surface area contributed by atoms with Crippen LogP contribution in [0.5, 0.6) is 5.75 Å². The fraction of sp³-hybridized carbons (Fsp3) is 0.211. The molecule has 10 heteroatoms. The predicted octanol–water partition coefficient (Wildman–Crippen LogP) is 3.08. The van der Waals surface area contributed by atoms with E-state index < -0.39 is 44.2 Å². The summed E-state index contributed by atoms with van der Waals surface area (Å²) >= 11 is 6.23. The van der Waals surface area contributed by atoms with Crippen LogP contribution in [0.2, 0.25) is 5.02 Å².